The number of methoxy groups -OCH3 is 1. The van der Waals surface area contributed by atoms with E-state index in [0.29, 0.717) is 11.6 Å². The summed E-state index contributed by atoms with van der Waals surface area (Å²) < 4.78 is 10.5. The minimum absolute atomic E-state index is 0.0914. The molecule has 0 unspecified atom stereocenters. The second kappa shape index (κ2) is 5.90. The van der Waals surface area contributed by atoms with Crippen molar-refractivity contribution in [2.75, 3.05) is 7.11 Å². The molecule has 106 valence electrons. The number of cyclic esters (lactones) is 1. The maximum atomic E-state index is 11.8. The number of benzene rings is 1. The molecule has 1 aliphatic rings. The summed E-state index contributed by atoms with van der Waals surface area (Å²) in [5, 5.41) is 0. The number of carbonyl (C=O) groups is 1. The number of aryl methyl sites for hydroxylation is 1. The molecule has 1 aromatic carbocycles. The predicted octanol–water partition coefficient (Wildman–Crippen LogP) is 3.21. The summed E-state index contributed by atoms with van der Waals surface area (Å²) in [5.74, 6) is 0.869. The lowest BCUT2D eigenvalue weighted by Crippen LogP contribution is -2.09. The van der Waals surface area contributed by atoms with Gasteiger partial charge in [0.15, 0.2) is 5.70 Å². The maximum Gasteiger partial charge on any atom is 0.363 e. The summed E-state index contributed by atoms with van der Waals surface area (Å²) >= 11 is 0. The number of hydrogen-bond acceptors (Lipinski definition) is 4. The Labute approximate surface area is 119 Å². The lowest BCUT2D eigenvalue weighted by Gasteiger charge is -2.06. The van der Waals surface area contributed by atoms with Crippen LogP contribution >= 0.6 is 0 Å². The van der Waals surface area contributed by atoms with Crippen LogP contribution < -0.4 is 4.74 Å². The number of aliphatic imine (C=N–C) groups is 1. The highest BCUT2D eigenvalue weighted by atomic mass is 16.6. The van der Waals surface area contributed by atoms with E-state index in [1.54, 1.807) is 13.2 Å². The zero-order valence-electron chi connectivity index (χ0n) is 12.3. The van der Waals surface area contributed by atoms with Crippen molar-refractivity contribution < 1.29 is 14.3 Å². The van der Waals surface area contributed by atoms with Crippen LogP contribution in [0.15, 0.2) is 28.9 Å². The Bertz CT molecular complexity index is 585. The Morgan fingerprint density at radius 2 is 2.15 bits per heavy atom. The number of carbonyl (C=O) groups excluding carboxylic acids is 1. The van der Waals surface area contributed by atoms with Gasteiger partial charge in [-0.05, 0) is 30.2 Å². The Morgan fingerprint density at radius 3 is 2.70 bits per heavy atom. The second-order valence-electron chi connectivity index (χ2n) is 4.95. The molecule has 0 aliphatic carbocycles. The molecule has 0 aromatic heterocycles. The molecule has 0 fully saturated rings. The van der Waals surface area contributed by atoms with Crippen LogP contribution in [-0.4, -0.2) is 19.0 Å². The van der Waals surface area contributed by atoms with Gasteiger partial charge in [0, 0.05) is 11.5 Å². The highest BCUT2D eigenvalue weighted by Crippen LogP contribution is 2.25. The molecule has 0 saturated carbocycles. The molecule has 4 heteroatoms. The van der Waals surface area contributed by atoms with Gasteiger partial charge in [0.2, 0.25) is 5.90 Å². The van der Waals surface area contributed by atoms with E-state index < -0.39 is 5.97 Å². The third kappa shape index (κ3) is 2.90. The molecular formula is C16H19NO3. The molecule has 1 heterocycles. The van der Waals surface area contributed by atoms with E-state index in [-0.39, 0.29) is 5.92 Å². The standard InChI is InChI=1S/C16H19NO3/c1-5-11-6-7-14(19-4)12(8-11)9-13-16(18)20-15(17-13)10(2)3/h6-10H,5H2,1-4H3/b13-9+. The fourth-order valence-electron chi connectivity index (χ4n) is 1.94. The Morgan fingerprint density at radius 1 is 1.40 bits per heavy atom. The van der Waals surface area contributed by atoms with E-state index in [4.69, 9.17) is 9.47 Å². The Kier molecular flexibility index (Phi) is 4.23. The van der Waals surface area contributed by atoms with Crippen LogP contribution in [0.1, 0.15) is 31.9 Å². The molecule has 0 radical (unpaired) electrons. The van der Waals surface area contributed by atoms with Crippen molar-refractivity contribution in [2.45, 2.75) is 27.2 Å². The van der Waals surface area contributed by atoms with Gasteiger partial charge in [-0.3, -0.25) is 0 Å². The number of ether oxygens (including phenoxy) is 2. The molecular weight excluding hydrogens is 254 g/mol. The first-order valence-corrected chi connectivity index (χ1v) is 6.74. The minimum atomic E-state index is -0.405. The summed E-state index contributed by atoms with van der Waals surface area (Å²) in [6, 6.07) is 5.91. The van der Waals surface area contributed by atoms with Crippen LogP contribution in [0.2, 0.25) is 0 Å². The van der Waals surface area contributed by atoms with Crippen molar-refractivity contribution in [1.82, 2.24) is 0 Å². The van der Waals surface area contributed by atoms with Crippen LogP contribution in [0, 0.1) is 5.92 Å². The number of rotatable bonds is 4. The van der Waals surface area contributed by atoms with Gasteiger partial charge in [0.1, 0.15) is 5.75 Å². The molecule has 1 aromatic rings. The van der Waals surface area contributed by atoms with E-state index in [0.717, 1.165) is 17.7 Å². The van der Waals surface area contributed by atoms with Crippen LogP contribution in [0.25, 0.3) is 6.08 Å². The third-order valence-electron chi connectivity index (χ3n) is 3.13. The van der Waals surface area contributed by atoms with Gasteiger partial charge in [-0.2, -0.15) is 0 Å². The van der Waals surface area contributed by atoms with Crippen molar-refractivity contribution in [3.8, 4) is 5.75 Å². The molecule has 0 amide bonds. The first-order chi connectivity index (χ1) is 9.55. The zero-order chi connectivity index (χ0) is 14.7. The van der Waals surface area contributed by atoms with Crippen molar-refractivity contribution in [2.24, 2.45) is 10.9 Å². The van der Waals surface area contributed by atoms with E-state index in [1.807, 2.05) is 32.0 Å². The zero-order valence-corrected chi connectivity index (χ0v) is 12.3. The minimum Gasteiger partial charge on any atom is -0.496 e. The van der Waals surface area contributed by atoms with Crippen molar-refractivity contribution in [3.05, 3.63) is 35.0 Å². The molecule has 2 rings (SSSR count). The van der Waals surface area contributed by atoms with Gasteiger partial charge in [-0.1, -0.05) is 26.8 Å². The van der Waals surface area contributed by atoms with E-state index in [1.165, 1.54) is 5.56 Å². The van der Waals surface area contributed by atoms with E-state index >= 15 is 0 Å². The fraction of sp³-hybridized carbons (Fsp3) is 0.375. The van der Waals surface area contributed by atoms with Gasteiger partial charge in [-0.15, -0.1) is 0 Å². The lowest BCUT2D eigenvalue weighted by atomic mass is 10.1. The Balaban J connectivity index is 2.42. The number of esters is 1. The molecule has 1 aliphatic heterocycles. The van der Waals surface area contributed by atoms with Gasteiger partial charge < -0.3 is 9.47 Å². The average Bonchev–Trinajstić information content (AvgIpc) is 2.80. The average molecular weight is 273 g/mol. The summed E-state index contributed by atoms with van der Waals surface area (Å²) in [4.78, 5) is 16.0. The Hall–Kier alpha value is -2.10. The van der Waals surface area contributed by atoms with Crippen molar-refractivity contribution in [1.29, 1.82) is 0 Å². The lowest BCUT2D eigenvalue weighted by molar-refractivity contribution is -0.130. The van der Waals surface area contributed by atoms with Crippen molar-refractivity contribution in [3.63, 3.8) is 0 Å². The molecule has 0 N–H and O–H groups in total. The topological polar surface area (TPSA) is 47.9 Å². The smallest absolute Gasteiger partial charge is 0.363 e. The number of nitrogens with zero attached hydrogens (tertiary/aromatic N) is 1. The first-order valence-electron chi connectivity index (χ1n) is 6.74. The van der Waals surface area contributed by atoms with Crippen LogP contribution in [-0.2, 0) is 16.0 Å². The normalized spacial score (nSPS) is 16.6. The molecule has 0 saturated heterocycles. The summed E-state index contributed by atoms with van der Waals surface area (Å²) in [7, 11) is 1.61. The van der Waals surface area contributed by atoms with Crippen molar-refractivity contribution >= 4 is 17.9 Å². The van der Waals surface area contributed by atoms with Crippen LogP contribution in [0.3, 0.4) is 0 Å². The monoisotopic (exact) mass is 273 g/mol. The van der Waals surface area contributed by atoms with Gasteiger partial charge >= 0.3 is 5.97 Å². The summed E-state index contributed by atoms with van der Waals surface area (Å²) in [6.07, 6.45) is 2.64. The maximum absolute atomic E-state index is 11.8. The highest BCUT2D eigenvalue weighted by Gasteiger charge is 2.25. The first kappa shape index (κ1) is 14.3. The summed E-state index contributed by atoms with van der Waals surface area (Å²) in [6.45, 7) is 5.96. The molecule has 0 spiro atoms. The molecule has 4 nitrogen and oxygen atoms in total. The van der Waals surface area contributed by atoms with E-state index in [9.17, 15) is 4.79 Å². The van der Waals surface area contributed by atoms with Crippen LogP contribution in [0.4, 0.5) is 0 Å². The number of hydrogen-bond donors (Lipinski definition) is 0. The van der Waals surface area contributed by atoms with Gasteiger partial charge in [-0.25, -0.2) is 9.79 Å². The van der Waals surface area contributed by atoms with Gasteiger partial charge in [0.05, 0.1) is 7.11 Å². The third-order valence-corrected chi connectivity index (χ3v) is 3.13. The summed E-state index contributed by atoms with van der Waals surface area (Å²) in [5.41, 5.74) is 2.34. The van der Waals surface area contributed by atoms with Gasteiger partial charge in [0.25, 0.3) is 0 Å². The second-order valence-corrected chi connectivity index (χ2v) is 4.95. The fourth-order valence-corrected chi connectivity index (χ4v) is 1.94. The van der Waals surface area contributed by atoms with Crippen LogP contribution in [0.5, 0.6) is 5.75 Å². The van der Waals surface area contributed by atoms with E-state index in [2.05, 4.69) is 11.9 Å². The largest absolute Gasteiger partial charge is 0.496 e. The molecule has 20 heavy (non-hydrogen) atoms. The SMILES string of the molecule is CCc1ccc(OC)c(/C=C2/N=C(C(C)C)OC2=O)c1. The predicted molar refractivity (Wildman–Crippen MR) is 78.7 cm³/mol. The quantitative estimate of drug-likeness (QED) is 0.625. The molecule has 0 atom stereocenters. The highest BCUT2D eigenvalue weighted by molar-refractivity contribution is 6.07. The molecule has 0 bridgehead atoms.